The third-order valence-corrected chi connectivity index (χ3v) is 3.47. The molecule has 2 aromatic carbocycles. The van der Waals surface area contributed by atoms with Crippen molar-refractivity contribution in [3.8, 4) is 0 Å². The zero-order valence-electron chi connectivity index (χ0n) is 10.6. The zero-order valence-corrected chi connectivity index (χ0v) is 12.2. The van der Waals surface area contributed by atoms with Crippen LogP contribution in [0.3, 0.4) is 0 Å². The average Bonchev–Trinajstić information content (AvgIpc) is 2.47. The number of benzene rings is 2. The monoisotopic (exact) mass is 333 g/mol. The quantitative estimate of drug-likeness (QED) is 0.362. The number of ketones is 1. The van der Waals surface area contributed by atoms with Crippen molar-refractivity contribution in [2.45, 2.75) is 6.42 Å². The summed E-state index contributed by atoms with van der Waals surface area (Å²) < 4.78 is 0. The summed E-state index contributed by atoms with van der Waals surface area (Å²) in [5.41, 5.74) is 1.94. The van der Waals surface area contributed by atoms with E-state index in [0.717, 1.165) is 5.56 Å². The first-order valence-corrected chi connectivity index (χ1v) is 7.14. The molecule has 5 heteroatoms. The van der Waals surface area contributed by atoms with E-state index in [0.29, 0.717) is 17.5 Å². The van der Waals surface area contributed by atoms with Crippen molar-refractivity contribution >= 4 is 27.4 Å². The summed E-state index contributed by atoms with van der Waals surface area (Å²) in [6.07, 6.45) is 0.472. The Morgan fingerprint density at radius 3 is 2.45 bits per heavy atom. The van der Waals surface area contributed by atoms with E-state index >= 15 is 0 Å². The zero-order chi connectivity index (χ0) is 14.5. The second-order valence-electron chi connectivity index (χ2n) is 4.32. The van der Waals surface area contributed by atoms with Gasteiger partial charge in [-0.3, -0.25) is 14.9 Å². The minimum Gasteiger partial charge on any atom is -0.293 e. The molecule has 0 radical (unpaired) electrons. The van der Waals surface area contributed by atoms with Gasteiger partial charge in [0.25, 0.3) is 5.69 Å². The fraction of sp³-hybridized carbons (Fsp3) is 0.133. The Hall–Kier alpha value is -2.01. The number of alkyl halides is 1. The lowest BCUT2D eigenvalue weighted by atomic mass is 10.0. The van der Waals surface area contributed by atoms with Crippen LogP contribution in [-0.2, 0) is 6.42 Å². The number of nitro groups is 1. The maximum atomic E-state index is 11.6. The number of hydrogen-bond acceptors (Lipinski definition) is 3. The highest BCUT2D eigenvalue weighted by molar-refractivity contribution is 9.09. The van der Waals surface area contributed by atoms with Crippen molar-refractivity contribution in [2.24, 2.45) is 0 Å². The molecular weight excluding hydrogens is 322 g/mol. The fourth-order valence-corrected chi connectivity index (χ4v) is 2.27. The Labute approximate surface area is 124 Å². The molecule has 0 aliphatic carbocycles. The Balaban J connectivity index is 2.38. The van der Waals surface area contributed by atoms with Crippen LogP contribution in [0.4, 0.5) is 5.69 Å². The van der Waals surface area contributed by atoms with Crippen LogP contribution >= 0.6 is 15.9 Å². The molecule has 0 aliphatic rings. The Morgan fingerprint density at radius 2 is 1.85 bits per heavy atom. The van der Waals surface area contributed by atoms with Gasteiger partial charge in [0.15, 0.2) is 5.78 Å². The van der Waals surface area contributed by atoms with E-state index in [9.17, 15) is 14.9 Å². The van der Waals surface area contributed by atoms with Gasteiger partial charge in [-0.15, -0.1) is 0 Å². The number of carbonyl (C=O) groups excluding carboxylic acids is 1. The predicted octanol–water partition coefficient (Wildman–Crippen LogP) is 3.76. The van der Waals surface area contributed by atoms with Gasteiger partial charge in [0.05, 0.1) is 10.3 Å². The van der Waals surface area contributed by atoms with Crippen LogP contribution in [-0.4, -0.2) is 16.0 Å². The van der Waals surface area contributed by atoms with E-state index in [2.05, 4.69) is 15.9 Å². The molecule has 102 valence electrons. The lowest BCUT2D eigenvalue weighted by Gasteiger charge is -2.05. The van der Waals surface area contributed by atoms with Crippen molar-refractivity contribution in [2.75, 3.05) is 5.33 Å². The lowest BCUT2D eigenvalue weighted by Crippen LogP contribution is -2.03. The number of halogens is 1. The van der Waals surface area contributed by atoms with Crippen molar-refractivity contribution in [3.63, 3.8) is 0 Å². The van der Waals surface area contributed by atoms with E-state index in [1.165, 1.54) is 6.07 Å². The summed E-state index contributed by atoms with van der Waals surface area (Å²) in [6, 6.07) is 14.2. The van der Waals surface area contributed by atoms with Gasteiger partial charge in [-0.25, -0.2) is 0 Å². The van der Waals surface area contributed by atoms with Crippen LogP contribution in [0.2, 0.25) is 0 Å². The molecule has 0 amide bonds. The van der Waals surface area contributed by atoms with Gasteiger partial charge in [-0.05, 0) is 5.56 Å². The number of Topliss-reactive ketones (excluding diaryl/α,β-unsaturated/α-hetero) is 1. The number of nitrogens with zero attached hydrogens (tertiary/aromatic N) is 1. The summed E-state index contributed by atoms with van der Waals surface area (Å²) >= 11 is 3.07. The molecule has 0 atom stereocenters. The van der Waals surface area contributed by atoms with Crippen LogP contribution in [0.25, 0.3) is 0 Å². The highest BCUT2D eigenvalue weighted by atomic mass is 79.9. The predicted molar refractivity (Wildman–Crippen MR) is 80.5 cm³/mol. The van der Waals surface area contributed by atoms with E-state index in [4.69, 9.17) is 0 Å². The molecule has 0 N–H and O–H groups in total. The molecule has 0 unspecified atom stereocenters. The first-order valence-electron chi connectivity index (χ1n) is 6.02. The van der Waals surface area contributed by atoms with Crippen LogP contribution in [0.5, 0.6) is 0 Å². The highest BCUT2D eigenvalue weighted by Crippen LogP contribution is 2.23. The van der Waals surface area contributed by atoms with Gasteiger partial charge in [0.1, 0.15) is 0 Å². The van der Waals surface area contributed by atoms with Gasteiger partial charge in [-0.1, -0.05) is 58.4 Å². The van der Waals surface area contributed by atoms with Crippen molar-refractivity contribution in [1.82, 2.24) is 0 Å². The summed E-state index contributed by atoms with van der Waals surface area (Å²) in [4.78, 5) is 22.3. The largest absolute Gasteiger partial charge is 0.293 e. The van der Waals surface area contributed by atoms with Crippen molar-refractivity contribution in [3.05, 3.63) is 75.3 Å². The Morgan fingerprint density at radius 1 is 1.15 bits per heavy atom. The van der Waals surface area contributed by atoms with Crippen LogP contribution < -0.4 is 0 Å². The average molecular weight is 334 g/mol. The number of rotatable bonds is 5. The second-order valence-corrected chi connectivity index (χ2v) is 4.88. The lowest BCUT2D eigenvalue weighted by molar-refractivity contribution is -0.385. The van der Waals surface area contributed by atoms with Crippen molar-refractivity contribution in [1.29, 1.82) is 0 Å². The summed E-state index contributed by atoms with van der Waals surface area (Å²) in [6.45, 7) is 0. The Kier molecular flexibility index (Phi) is 4.63. The summed E-state index contributed by atoms with van der Waals surface area (Å²) in [5, 5.41) is 11.3. The summed E-state index contributed by atoms with van der Waals surface area (Å²) in [7, 11) is 0. The molecule has 0 aromatic heterocycles. The molecule has 0 fully saturated rings. The van der Waals surface area contributed by atoms with Gasteiger partial charge >= 0.3 is 0 Å². The molecule has 0 aliphatic heterocycles. The molecule has 2 rings (SSSR count). The molecule has 0 saturated carbocycles. The molecule has 0 bridgehead atoms. The van der Waals surface area contributed by atoms with Crippen molar-refractivity contribution < 1.29 is 9.72 Å². The number of hydrogen-bond donors (Lipinski definition) is 0. The smallest absolute Gasteiger partial charge is 0.273 e. The normalized spacial score (nSPS) is 10.2. The molecule has 0 spiro atoms. The van der Waals surface area contributed by atoms with Crippen LogP contribution in [0.15, 0.2) is 48.5 Å². The minimum absolute atomic E-state index is 0.0133. The third kappa shape index (κ3) is 3.30. The standard InChI is InChI=1S/C15H12BrNO3/c16-10-15(18)13-7-6-12(14(9-13)17(19)20)8-11-4-2-1-3-5-11/h1-7,9H,8,10H2. The highest BCUT2D eigenvalue weighted by Gasteiger charge is 2.17. The fourth-order valence-electron chi connectivity index (χ4n) is 1.95. The second kappa shape index (κ2) is 6.43. The van der Waals surface area contributed by atoms with Crippen LogP contribution in [0.1, 0.15) is 21.5 Å². The molecular formula is C15H12BrNO3. The SMILES string of the molecule is O=C(CBr)c1ccc(Cc2ccccc2)c([N+](=O)[O-])c1. The molecule has 20 heavy (non-hydrogen) atoms. The third-order valence-electron chi connectivity index (χ3n) is 2.96. The first-order chi connectivity index (χ1) is 9.61. The summed E-state index contributed by atoms with van der Waals surface area (Å²) in [5.74, 6) is -0.167. The van der Waals surface area contributed by atoms with E-state index in [-0.39, 0.29) is 16.8 Å². The van der Waals surface area contributed by atoms with Crippen LogP contribution in [0, 0.1) is 10.1 Å². The van der Waals surface area contributed by atoms with E-state index in [1.807, 2.05) is 30.3 Å². The van der Waals surface area contributed by atoms with Gasteiger partial charge < -0.3 is 0 Å². The van der Waals surface area contributed by atoms with Gasteiger partial charge in [0.2, 0.25) is 0 Å². The topological polar surface area (TPSA) is 60.2 Å². The molecule has 2 aromatic rings. The molecule has 4 nitrogen and oxygen atoms in total. The Bertz CT molecular complexity index is 641. The minimum atomic E-state index is -0.441. The maximum Gasteiger partial charge on any atom is 0.273 e. The first kappa shape index (κ1) is 14.4. The number of nitro benzene ring substituents is 1. The van der Waals surface area contributed by atoms with E-state index in [1.54, 1.807) is 12.1 Å². The number of carbonyl (C=O) groups is 1. The van der Waals surface area contributed by atoms with Gasteiger partial charge in [-0.2, -0.15) is 0 Å². The maximum absolute atomic E-state index is 11.6. The van der Waals surface area contributed by atoms with E-state index < -0.39 is 4.92 Å². The van der Waals surface area contributed by atoms with Gasteiger partial charge in [0, 0.05) is 23.6 Å². The molecule has 0 saturated heterocycles. The molecule has 0 heterocycles.